The Morgan fingerprint density at radius 1 is 1.07 bits per heavy atom. The first kappa shape index (κ1) is 18.3. The molecule has 3 aromatic rings. The van der Waals surface area contributed by atoms with Gasteiger partial charge in [0, 0.05) is 18.2 Å². The van der Waals surface area contributed by atoms with Crippen LogP contribution in [0.15, 0.2) is 18.7 Å². The lowest BCUT2D eigenvalue weighted by molar-refractivity contribution is -0.0642. The summed E-state index contributed by atoms with van der Waals surface area (Å²) in [5.74, 6) is -2.16. The van der Waals surface area contributed by atoms with E-state index in [0.29, 0.717) is 22.5 Å². The minimum Gasteiger partial charge on any atom is -0.479 e. The standard InChI is InChI=1S/C17H19F2N7O2/c1-16(2)7-25(8-17(16,18)19)13-10-6-26(24-12(10)21-9-22-13)11-5-20-15(28-4)23-14(11)27-3/h5-6,9H,7-8H2,1-4H3. The summed E-state index contributed by atoms with van der Waals surface area (Å²) in [6.45, 7) is 2.86. The highest BCUT2D eigenvalue weighted by Gasteiger charge is 2.54. The molecule has 0 aliphatic carbocycles. The zero-order valence-corrected chi connectivity index (χ0v) is 15.8. The van der Waals surface area contributed by atoms with Crippen molar-refractivity contribution in [1.29, 1.82) is 0 Å². The summed E-state index contributed by atoms with van der Waals surface area (Å²) in [4.78, 5) is 18.2. The van der Waals surface area contributed by atoms with Crippen LogP contribution >= 0.6 is 0 Å². The lowest BCUT2D eigenvalue weighted by atomic mass is 9.89. The topological polar surface area (TPSA) is 91.1 Å². The number of nitrogens with zero attached hydrogens (tertiary/aromatic N) is 7. The van der Waals surface area contributed by atoms with Gasteiger partial charge in [0.25, 0.3) is 5.92 Å². The third-order valence-corrected chi connectivity index (χ3v) is 4.90. The van der Waals surface area contributed by atoms with E-state index in [-0.39, 0.29) is 18.4 Å². The van der Waals surface area contributed by atoms with Crippen molar-refractivity contribution in [3.8, 4) is 17.6 Å². The Hall–Kier alpha value is -3.11. The van der Waals surface area contributed by atoms with Crippen molar-refractivity contribution in [2.24, 2.45) is 5.41 Å². The molecule has 3 aromatic heterocycles. The van der Waals surface area contributed by atoms with Crippen LogP contribution in [-0.2, 0) is 0 Å². The molecule has 148 valence electrons. The molecule has 1 saturated heterocycles. The smallest absolute Gasteiger partial charge is 0.319 e. The second-order valence-corrected chi connectivity index (χ2v) is 7.20. The van der Waals surface area contributed by atoms with E-state index in [2.05, 4.69) is 25.0 Å². The van der Waals surface area contributed by atoms with Crippen molar-refractivity contribution >= 4 is 16.9 Å². The van der Waals surface area contributed by atoms with Gasteiger partial charge >= 0.3 is 6.01 Å². The molecule has 0 unspecified atom stereocenters. The average Bonchev–Trinajstić information content (AvgIpc) is 3.18. The second kappa shape index (κ2) is 6.21. The fourth-order valence-electron chi connectivity index (χ4n) is 3.20. The monoisotopic (exact) mass is 391 g/mol. The van der Waals surface area contributed by atoms with E-state index in [1.54, 1.807) is 24.9 Å². The molecule has 1 fully saturated rings. The van der Waals surface area contributed by atoms with E-state index in [1.165, 1.54) is 31.4 Å². The van der Waals surface area contributed by atoms with E-state index in [1.807, 2.05) is 0 Å². The Kier molecular flexibility index (Phi) is 4.05. The maximum Gasteiger partial charge on any atom is 0.319 e. The summed E-state index contributed by atoms with van der Waals surface area (Å²) in [5.41, 5.74) is -0.331. The molecular weight excluding hydrogens is 372 g/mol. The largest absolute Gasteiger partial charge is 0.479 e. The van der Waals surface area contributed by atoms with E-state index in [0.717, 1.165) is 0 Å². The third-order valence-electron chi connectivity index (χ3n) is 4.90. The molecule has 28 heavy (non-hydrogen) atoms. The van der Waals surface area contributed by atoms with Gasteiger partial charge in [0.2, 0.25) is 5.88 Å². The van der Waals surface area contributed by atoms with E-state index in [4.69, 9.17) is 9.47 Å². The number of anilines is 1. The van der Waals surface area contributed by atoms with Gasteiger partial charge in [-0.15, -0.1) is 5.10 Å². The normalized spacial score (nSPS) is 17.9. The van der Waals surface area contributed by atoms with Crippen LogP contribution < -0.4 is 14.4 Å². The number of ether oxygens (including phenoxy) is 2. The molecule has 0 spiro atoms. The number of halogens is 2. The summed E-state index contributed by atoms with van der Waals surface area (Å²) < 4.78 is 40.5. The fraction of sp³-hybridized carbons (Fsp3) is 0.471. The number of alkyl halides is 2. The van der Waals surface area contributed by atoms with E-state index in [9.17, 15) is 8.78 Å². The summed E-state index contributed by atoms with van der Waals surface area (Å²) in [6.07, 6.45) is 4.47. The Balaban J connectivity index is 1.79. The molecule has 0 aromatic carbocycles. The molecule has 1 aliphatic rings. The first-order chi connectivity index (χ1) is 13.3. The van der Waals surface area contributed by atoms with Crippen LogP contribution in [0.5, 0.6) is 11.9 Å². The Morgan fingerprint density at radius 2 is 1.86 bits per heavy atom. The first-order valence-electron chi connectivity index (χ1n) is 8.54. The van der Waals surface area contributed by atoms with E-state index >= 15 is 0 Å². The van der Waals surface area contributed by atoms with Gasteiger partial charge < -0.3 is 14.4 Å². The molecule has 0 N–H and O–H groups in total. The van der Waals surface area contributed by atoms with Gasteiger partial charge in [-0.1, -0.05) is 13.8 Å². The van der Waals surface area contributed by atoms with Gasteiger partial charge in [0.15, 0.2) is 5.65 Å². The zero-order chi connectivity index (χ0) is 20.1. The van der Waals surface area contributed by atoms with Crippen molar-refractivity contribution < 1.29 is 18.3 Å². The van der Waals surface area contributed by atoms with Crippen molar-refractivity contribution in [3.05, 3.63) is 18.7 Å². The Labute approximate surface area is 159 Å². The van der Waals surface area contributed by atoms with Gasteiger partial charge in [0.05, 0.1) is 32.3 Å². The van der Waals surface area contributed by atoms with Crippen LogP contribution in [0.2, 0.25) is 0 Å². The summed E-state index contributed by atoms with van der Waals surface area (Å²) >= 11 is 0. The van der Waals surface area contributed by atoms with Crippen LogP contribution in [0.3, 0.4) is 0 Å². The lowest BCUT2D eigenvalue weighted by Gasteiger charge is -2.23. The second-order valence-electron chi connectivity index (χ2n) is 7.20. The molecule has 0 radical (unpaired) electrons. The Morgan fingerprint density at radius 3 is 2.50 bits per heavy atom. The maximum atomic E-state index is 14.3. The molecule has 4 heterocycles. The SMILES string of the molecule is COc1ncc(-n2cc3c(N4CC(C)(C)C(F)(F)C4)ncnc3n2)c(OC)n1. The van der Waals surface area contributed by atoms with Crippen molar-refractivity contribution in [1.82, 2.24) is 29.7 Å². The molecule has 1 aliphatic heterocycles. The summed E-state index contributed by atoms with van der Waals surface area (Å²) in [7, 11) is 2.92. The molecule has 4 rings (SSSR count). The minimum atomic E-state index is -2.83. The first-order valence-corrected chi connectivity index (χ1v) is 8.54. The Bertz CT molecular complexity index is 1020. The van der Waals surface area contributed by atoms with Crippen molar-refractivity contribution in [2.45, 2.75) is 19.8 Å². The summed E-state index contributed by atoms with van der Waals surface area (Å²) in [6, 6.07) is 0.152. The fourth-order valence-corrected chi connectivity index (χ4v) is 3.20. The zero-order valence-electron chi connectivity index (χ0n) is 15.8. The van der Waals surface area contributed by atoms with Gasteiger partial charge in [-0.05, 0) is 0 Å². The number of hydrogen-bond acceptors (Lipinski definition) is 8. The predicted octanol–water partition coefficient (Wildman–Crippen LogP) is 2.10. The van der Waals surface area contributed by atoms with Crippen LogP contribution in [0, 0.1) is 5.41 Å². The van der Waals surface area contributed by atoms with Crippen LogP contribution in [0.4, 0.5) is 14.6 Å². The average molecular weight is 391 g/mol. The minimum absolute atomic E-state index is 0.152. The summed E-state index contributed by atoms with van der Waals surface area (Å²) in [5, 5.41) is 4.95. The predicted molar refractivity (Wildman–Crippen MR) is 96.3 cm³/mol. The number of methoxy groups -OCH3 is 2. The molecule has 0 saturated carbocycles. The highest BCUT2D eigenvalue weighted by Crippen LogP contribution is 2.45. The van der Waals surface area contributed by atoms with Gasteiger partial charge in [-0.2, -0.15) is 4.98 Å². The van der Waals surface area contributed by atoms with Gasteiger partial charge in [0.1, 0.15) is 17.8 Å². The highest BCUT2D eigenvalue weighted by molar-refractivity contribution is 5.87. The van der Waals surface area contributed by atoms with Crippen LogP contribution in [-0.4, -0.2) is 62.9 Å². The quantitative estimate of drug-likeness (QED) is 0.668. The number of aromatic nitrogens is 6. The maximum absolute atomic E-state index is 14.3. The molecule has 0 bridgehead atoms. The third kappa shape index (κ3) is 2.77. The number of rotatable bonds is 4. The van der Waals surface area contributed by atoms with Crippen LogP contribution in [0.1, 0.15) is 13.8 Å². The van der Waals surface area contributed by atoms with Crippen molar-refractivity contribution in [2.75, 3.05) is 32.2 Å². The van der Waals surface area contributed by atoms with Crippen molar-refractivity contribution in [3.63, 3.8) is 0 Å². The van der Waals surface area contributed by atoms with Gasteiger partial charge in [-0.25, -0.2) is 28.4 Å². The van der Waals surface area contributed by atoms with E-state index < -0.39 is 17.9 Å². The highest BCUT2D eigenvalue weighted by atomic mass is 19.3. The molecule has 11 heteroatoms. The molecule has 9 nitrogen and oxygen atoms in total. The molecular formula is C17H19F2N7O2. The van der Waals surface area contributed by atoms with Crippen LogP contribution in [0.25, 0.3) is 16.7 Å². The molecule has 0 atom stereocenters. The lowest BCUT2D eigenvalue weighted by Crippen LogP contribution is -2.34. The molecule has 0 amide bonds. The number of hydrogen-bond donors (Lipinski definition) is 0. The number of fused-ring (bicyclic) bond motifs is 1. The van der Waals surface area contributed by atoms with Gasteiger partial charge in [-0.3, -0.25) is 0 Å².